The second kappa shape index (κ2) is 6.06. The summed E-state index contributed by atoms with van der Waals surface area (Å²) in [5.74, 6) is 0.0804. The van der Waals surface area contributed by atoms with Gasteiger partial charge in [0.25, 0.3) is 5.91 Å². The van der Waals surface area contributed by atoms with Crippen molar-refractivity contribution in [1.82, 2.24) is 15.2 Å². The highest BCUT2D eigenvalue weighted by molar-refractivity contribution is 6.01. The van der Waals surface area contributed by atoms with E-state index in [4.69, 9.17) is 0 Å². The van der Waals surface area contributed by atoms with Gasteiger partial charge in [-0.15, -0.1) is 0 Å². The first-order valence-electron chi connectivity index (χ1n) is 7.21. The van der Waals surface area contributed by atoms with Gasteiger partial charge in [0.15, 0.2) is 0 Å². The second-order valence-electron chi connectivity index (χ2n) is 5.26. The number of hydrogen-bond donors (Lipinski definition) is 1. The highest BCUT2D eigenvalue weighted by Gasteiger charge is 2.25. The average Bonchev–Trinajstić information content (AvgIpc) is 2.55. The second-order valence-corrected chi connectivity index (χ2v) is 5.26. The first-order chi connectivity index (χ1) is 10.3. The first-order valence-corrected chi connectivity index (χ1v) is 7.21. The number of carbonyl (C=O) groups excluding carboxylic acids is 1. The molecule has 3 rings (SSSR count). The maximum Gasteiger partial charge on any atom is 0.254 e. The van der Waals surface area contributed by atoms with Crippen molar-refractivity contribution in [3.63, 3.8) is 0 Å². The largest absolute Gasteiger partial charge is 0.333 e. The number of benzene rings is 1. The van der Waals surface area contributed by atoms with Gasteiger partial charge in [0.05, 0.1) is 6.20 Å². The quantitative estimate of drug-likeness (QED) is 0.915. The fourth-order valence-electron chi connectivity index (χ4n) is 2.68. The summed E-state index contributed by atoms with van der Waals surface area (Å²) < 4.78 is 0. The van der Waals surface area contributed by atoms with Crippen LogP contribution in [0.4, 0.5) is 0 Å². The molecular weight excluding hydrogens is 262 g/mol. The molecule has 1 aromatic heterocycles. The van der Waals surface area contributed by atoms with Crippen molar-refractivity contribution >= 4 is 5.91 Å². The number of piperazine rings is 1. The SMILES string of the molecule is CC1CNCCN1C(=O)c1ccccc1-c1[c]nccc1. The van der Waals surface area contributed by atoms with Crippen molar-refractivity contribution in [2.45, 2.75) is 13.0 Å². The molecule has 1 radical (unpaired) electrons. The summed E-state index contributed by atoms with van der Waals surface area (Å²) >= 11 is 0. The van der Waals surface area contributed by atoms with Crippen LogP contribution in [0.25, 0.3) is 11.1 Å². The third-order valence-corrected chi connectivity index (χ3v) is 3.82. The monoisotopic (exact) mass is 280 g/mol. The van der Waals surface area contributed by atoms with E-state index in [9.17, 15) is 4.79 Å². The summed E-state index contributed by atoms with van der Waals surface area (Å²) in [6.45, 7) is 4.50. The molecule has 1 aliphatic heterocycles. The van der Waals surface area contributed by atoms with Crippen LogP contribution in [0.15, 0.2) is 42.6 Å². The van der Waals surface area contributed by atoms with E-state index in [0.717, 1.165) is 36.3 Å². The molecule has 107 valence electrons. The van der Waals surface area contributed by atoms with Gasteiger partial charge >= 0.3 is 0 Å². The van der Waals surface area contributed by atoms with E-state index >= 15 is 0 Å². The lowest BCUT2D eigenvalue weighted by atomic mass is 9.99. The molecular formula is C17H18N3O. The molecule has 1 aliphatic rings. The maximum atomic E-state index is 12.9. The minimum Gasteiger partial charge on any atom is -0.333 e. The standard InChI is InChI=1S/C17H18N3O/c1-13-11-19-9-10-20(13)17(21)16-7-3-2-6-15(16)14-5-4-8-18-12-14/h2-8,13,19H,9-11H2,1H3. The predicted octanol–water partition coefficient (Wildman–Crippen LogP) is 1.98. The van der Waals surface area contributed by atoms with E-state index < -0.39 is 0 Å². The van der Waals surface area contributed by atoms with Crippen molar-refractivity contribution < 1.29 is 4.79 Å². The van der Waals surface area contributed by atoms with E-state index in [1.165, 1.54) is 0 Å². The minimum absolute atomic E-state index is 0.0804. The molecule has 2 aromatic rings. The van der Waals surface area contributed by atoms with E-state index in [0.29, 0.717) is 0 Å². The summed E-state index contributed by atoms with van der Waals surface area (Å²) in [6, 6.07) is 11.7. The number of aromatic nitrogens is 1. The lowest BCUT2D eigenvalue weighted by Gasteiger charge is -2.34. The van der Waals surface area contributed by atoms with Gasteiger partial charge in [-0.1, -0.05) is 24.3 Å². The number of rotatable bonds is 2. The fraction of sp³-hybridized carbons (Fsp3) is 0.294. The normalized spacial score (nSPS) is 18.5. The Bertz CT molecular complexity index is 627. The van der Waals surface area contributed by atoms with Crippen LogP contribution in [0.3, 0.4) is 0 Å². The zero-order valence-electron chi connectivity index (χ0n) is 12.0. The van der Waals surface area contributed by atoms with E-state index in [2.05, 4.69) is 23.4 Å². The Labute approximate surface area is 124 Å². The summed E-state index contributed by atoms with van der Waals surface area (Å²) in [5, 5.41) is 3.31. The number of carbonyl (C=O) groups is 1. The zero-order valence-corrected chi connectivity index (χ0v) is 12.0. The average molecular weight is 280 g/mol. The van der Waals surface area contributed by atoms with E-state index in [1.807, 2.05) is 41.3 Å². The summed E-state index contributed by atoms with van der Waals surface area (Å²) in [4.78, 5) is 18.8. The molecule has 21 heavy (non-hydrogen) atoms. The summed E-state index contributed by atoms with van der Waals surface area (Å²) in [7, 11) is 0. The Kier molecular flexibility index (Phi) is 3.97. The Morgan fingerprint density at radius 1 is 1.33 bits per heavy atom. The van der Waals surface area contributed by atoms with Crippen molar-refractivity contribution in [2.24, 2.45) is 0 Å². The lowest BCUT2D eigenvalue weighted by Crippen LogP contribution is -2.52. The van der Waals surface area contributed by atoms with Gasteiger partial charge in [0.2, 0.25) is 0 Å². The van der Waals surface area contributed by atoms with Crippen molar-refractivity contribution in [3.8, 4) is 11.1 Å². The van der Waals surface area contributed by atoms with Gasteiger partial charge < -0.3 is 10.2 Å². The molecule has 0 saturated carbocycles. The third kappa shape index (κ3) is 2.81. The topological polar surface area (TPSA) is 45.2 Å². The van der Waals surface area contributed by atoms with Crippen LogP contribution < -0.4 is 5.32 Å². The van der Waals surface area contributed by atoms with Gasteiger partial charge in [-0.25, -0.2) is 0 Å². The number of nitrogens with zero attached hydrogens (tertiary/aromatic N) is 2. The van der Waals surface area contributed by atoms with Crippen LogP contribution in [-0.4, -0.2) is 41.5 Å². The molecule has 1 fully saturated rings. The Balaban J connectivity index is 1.97. The van der Waals surface area contributed by atoms with E-state index in [1.54, 1.807) is 6.20 Å². The van der Waals surface area contributed by atoms with Crippen molar-refractivity contribution in [3.05, 3.63) is 54.4 Å². The molecule has 2 heterocycles. The third-order valence-electron chi connectivity index (χ3n) is 3.82. The predicted molar refractivity (Wildman–Crippen MR) is 81.9 cm³/mol. The van der Waals surface area contributed by atoms with Crippen LogP contribution in [0, 0.1) is 6.20 Å². The molecule has 0 spiro atoms. The van der Waals surface area contributed by atoms with Gasteiger partial charge in [0, 0.05) is 43.0 Å². The van der Waals surface area contributed by atoms with Crippen LogP contribution in [-0.2, 0) is 0 Å². The van der Waals surface area contributed by atoms with Crippen molar-refractivity contribution in [1.29, 1.82) is 0 Å². The fourth-order valence-corrected chi connectivity index (χ4v) is 2.68. The molecule has 0 aliphatic carbocycles. The number of pyridine rings is 1. The number of nitrogens with one attached hydrogen (secondary N) is 1. The highest BCUT2D eigenvalue weighted by Crippen LogP contribution is 2.24. The molecule has 1 atom stereocenters. The van der Waals surface area contributed by atoms with E-state index in [-0.39, 0.29) is 11.9 Å². The minimum atomic E-state index is 0.0804. The molecule has 1 amide bonds. The number of amides is 1. The van der Waals surface area contributed by atoms with Crippen LogP contribution >= 0.6 is 0 Å². The Morgan fingerprint density at radius 3 is 2.95 bits per heavy atom. The summed E-state index contributed by atoms with van der Waals surface area (Å²) in [5.41, 5.74) is 2.46. The van der Waals surface area contributed by atoms with Gasteiger partial charge in [-0.2, -0.15) is 0 Å². The van der Waals surface area contributed by atoms with Crippen LogP contribution in [0.1, 0.15) is 17.3 Å². The number of hydrogen-bond acceptors (Lipinski definition) is 3. The molecule has 4 nitrogen and oxygen atoms in total. The molecule has 0 bridgehead atoms. The molecule has 4 heteroatoms. The zero-order chi connectivity index (χ0) is 14.7. The Morgan fingerprint density at radius 2 is 2.19 bits per heavy atom. The van der Waals surface area contributed by atoms with Gasteiger partial charge in [-0.05, 0) is 24.6 Å². The first kappa shape index (κ1) is 13.8. The Hall–Kier alpha value is -2.20. The van der Waals surface area contributed by atoms with Crippen molar-refractivity contribution in [2.75, 3.05) is 19.6 Å². The lowest BCUT2D eigenvalue weighted by molar-refractivity contribution is 0.0656. The van der Waals surface area contributed by atoms with Gasteiger partial charge in [0.1, 0.15) is 0 Å². The molecule has 1 saturated heterocycles. The van der Waals surface area contributed by atoms with Crippen LogP contribution in [0.5, 0.6) is 0 Å². The maximum absolute atomic E-state index is 12.9. The smallest absolute Gasteiger partial charge is 0.254 e. The molecule has 1 unspecified atom stereocenters. The van der Waals surface area contributed by atoms with Crippen LogP contribution in [0.2, 0.25) is 0 Å². The van der Waals surface area contributed by atoms with Gasteiger partial charge in [-0.3, -0.25) is 9.78 Å². The molecule has 1 aromatic carbocycles. The summed E-state index contributed by atoms with van der Waals surface area (Å²) in [6.07, 6.45) is 4.65. The highest BCUT2D eigenvalue weighted by atomic mass is 16.2. The molecule has 1 N–H and O–H groups in total.